The number of carboxylic acids is 1. The Morgan fingerprint density at radius 1 is 1.43 bits per heavy atom. The third kappa shape index (κ3) is 2.05. The Morgan fingerprint density at radius 3 is 2.71 bits per heavy atom. The highest BCUT2D eigenvalue weighted by atomic mass is 16.4. The predicted octanol–water partition coefficient (Wildman–Crippen LogP) is 0.766. The molecule has 78 valence electrons. The molecule has 14 heavy (non-hydrogen) atoms. The quantitative estimate of drug-likeness (QED) is 0.702. The van der Waals surface area contributed by atoms with E-state index in [-0.39, 0.29) is 24.3 Å². The smallest absolute Gasteiger partial charge is 0.303 e. The molecule has 2 aliphatic rings. The van der Waals surface area contributed by atoms with E-state index in [1.54, 1.807) is 0 Å². The van der Waals surface area contributed by atoms with Crippen LogP contribution in [0.25, 0.3) is 0 Å². The fourth-order valence-corrected chi connectivity index (χ4v) is 2.28. The van der Waals surface area contributed by atoms with Gasteiger partial charge in [0.05, 0.1) is 6.42 Å². The molecule has 0 unspecified atom stereocenters. The van der Waals surface area contributed by atoms with Gasteiger partial charge in [-0.1, -0.05) is 0 Å². The Kier molecular flexibility index (Phi) is 2.44. The van der Waals surface area contributed by atoms with Crippen molar-refractivity contribution in [2.24, 2.45) is 11.8 Å². The average Bonchev–Trinajstić information content (AvgIpc) is 2.90. The van der Waals surface area contributed by atoms with Gasteiger partial charge >= 0.3 is 5.97 Å². The summed E-state index contributed by atoms with van der Waals surface area (Å²) in [5, 5.41) is 11.7. The van der Waals surface area contributed by atoms with Crippen molar-refractivity contribution in [3.8, 4) is 0 Å². The Labute approximate surface area is 82.7 Å². The summed E-state index contributed by atoms with van der Waals surface area (Å²) < 4.78 is 0. The number of carbonyl (C=O) groups excluding carboxylic acids is 1. The van der Waals surface area contributed by atoms with Crippen LogP contribution in [0, 0.1) is 11.8 Å². The summed E-state index contributed by atoms with van der Waals surface area (Å²) in [7, 11) is 0. The summed E-state index contributed by atoms with van der Waals surface area (Å²) in [6, 6.07) is 0.132. The summed E-state index contributed by atoms with van der Waals surface area (Å²) in [5.41, 5.74) is 0. The minimum Gasteiger partial charge on any atom is -0.481 e. The normalized spacial score (nSPS) is 32.4. The highest BCUT2D eigenvalue weighted by Gasteiger charge is 2.40. The maximum Gasteiger partial charge on any atom is 0.303 e. The zero-order chi connectivity index (χ0) is 10.1. The van der Waals surface area contributed by atoms with Crippen molar-refractivity contribution in [3.63, 3.8) is 0 Å². The molecule has 0 spiro atoms. The lowest BCUT2D eigenvalue weighted by atomic mass is 9.85. The van der Waals surface area contributed by atoms with Gasteiger partial charge in [0.15, 0.2) is 0 Å². The van der Waals surface area contributed by atoms with Crippen LogP contribution in [0.1, 0.15) is 32.1 Å². The average molecular weight is 197 g/mol. The monoisotopic (exact) mass is 197 g/mol. The van der Waals surface area contributed by atoms with Crippen molar-refractivity contribution >= 4 is 11.9 Å². The van der Waals surface area contributed by atoms with Crippen LogP contribution < -0.4 is 5.32 Å². The third-order valence-electron chi connectivity index (χ3n) is 3.14. The molecule has 4 nitrogen and oxygen atoms in total. The molecule has 1 heterocycles. The molecule has 1 amide bonds. The first kappa shape index (κ1) is 9.49. The molecule has 1 saturated heterocycles. The summed E-state index contributed by atoms with van der Waals surface area (Å²) in [5.74, 6) is 0.0293. The van der Waals surface area contributed by atoms with Crippen LogP contribution in [0.2, 0.25) is 0 Å². The molecule has 2 rings (SSSR count). The SMILES string of the molecule is O=C(O)C[C@H]1CCC(=O)N[C@@H]1C1CC1. The zero-order valence-corrected chi connectivity index (χ0v) is 8.03. The number of hydrogen-bond acceptors (Lipinski definition) is 2. The summed E-state index contributed by atoms with van der Waals surface area (Å²) in [6.07, 6.45) is 3.70. The number of piperidine rings is 1. The second kappa shape index (κ2) is 3.59. The molecule has 0 aromatic rings. The van der Waals surface area contributed by atoms with Crippen molar-refractivity contribution in [1.29, 1.82) is 0 Å². The van der Waals surface area contributed by atoms with E-state index in [0.717, 1.165) is 19.3 Å². The molecule has 1 saturated carbocycles. The van der Waals surface area contributed by atoms with Crippen molar-refractivity contribution in [3.05, 3.63) is 0 Å². The second-order valence-corrected chi connectivity index (χ2v) is 4.33. The fraction of sp³-hybridized carbons (Fsp3) is 0.800. The van der Waals surface area contributed by atoms with Crippen LogP contribution in [0.3, 0.4) is 0 Å². The molecule has 0 aromatic carbocycles. The topological polar surface area (TPSA) is 66.4 Å². The highest BCUT2D eigenvalue weighted by Crippen LogP contribution is 2.39. The molecule has 1 aliphatic carbocycles. The van der Waals surface area contributed by atoms with E-state index < -0.39 is 5.97 Å². The largest absolute Gasteiger partial charge is 0.481 e. The van der Waals surface area contributed by atoms with E-state index in [9.17, 15) is 9.59 Å². The van der Waals surface area contributed by atoms with E-state index in [2.05, 4.69) is 5.32 Å². The minimum absolute atomic E-state index is 0.0866. The maximum atomic E-state index is 11.2. The van der Waals surface area contributed by atoms with Crippen LogP contribution in [0.5, 0.6) is 0 Å². The van der Waals surface area contributed by atoms with Crippen LogP contribution in [0.15, 0.2) is 0 Å². The van der Waals surface area contributed by atoms with Gasteiger partial charge in [-0.3, -0.25) is 9.59 Å². The molecule has 1 aliphatic heterocycles. The number of amides is 1. The van der Waals surface area contributed by atoms with Crippen molar-refractivity contribution in [1.82, 2.24) is 5.32 Å². The van der Waals surface area contributed by atoms with Crippen molar-refractivity contribution in [2.75, 3.05) is 0 Å². The van der Waals surface area contributed by atoms with Crippen LogP contribution >= 0.6 is 0 Å². The number of rotatable bonds is 3. The second-order valence-electron chi connectivity index (χ2n) is 4.33. The number of nitrogens with one attached hydrogen (secondary N) is 1. The number of aliphatic carboxylic acids is 1. The standard InChI is InChI=1S/C10H15NO3/c12-8-4-3-7(5-9(13)14)10(11-8)6-1-2-6/h6-7,10H,1-5H2,(H,11,12)(H,13,14)/t7-,10-/m1/s1. The van der Waals surface area contributed by atoms with Gasteiger partial charge < -0.3 is 10.4 Å². The molecule has 0 radical (unpaired) electrons. The predicted molar refractivity (Wildman–Crippen MR) is 49.6 cm³/mol. The number of carbonyl (C=O) groups is 2. The lowest BCUT2D eigenvalue weighted by Crippen LogP contribution is -2.46. The number of hydrogen-bond donors (Lipinski definition) is 2. The van der Waals surface area contributed by atoms with Gasteiger partial charge in [-0.15, -0.1) is 0 Å². The van der Waals surface area contributed by atoms with E-state index in [1.165, 1.54) is 0 Å². The van der Waals surface area contributed by atoms with Crippen molar-refractivity contribution in [2.45, 2.75) is 38.1 Å². The van der Waals surface area contributed by atoms with Crippen LogP contribution in [0.4, 0.5) is 0 Å². The Bertz CT molecular complexity index is 260. The Balaban J connectivity index is 1.98. The fourth-order valence-electron chi connectivity index (χ4n) is 2.28. The van der Waals surface area contributed by atoms with Crippen LogP contribution in [-0.2, 0) is 9.59 Å². The van der Waals surface area contributed by atoms with Crippen LogP contribution in [-0.4, -0.2) is 23.0 Å². The summed E-state index contributed by atoms with van der Waals surface area (Å²) in [6.45, 7) is 0. The molecule has 0 aromatic heterocycles. The molecule has 4 heteroatoms. The molecule has 2 atom stereocenters. The first-order valence-electron chi connectivity index (χ1n) is 5.18. The maximum absolute atomic E-state index is 11.2. The molecule has 2 fully saturated rings. The first-order valence-corrected chi connectivity index (χ1v) is 5.18. The number of carboxylic acid groups (broad SMARTS) is 1. The zero-order valence-electron chi connectivity index (χ0n) is 8.03. The van der Waals surface area contributed by atoms with E-state index in [1.807, 2.05) is 0 Å². The minimum atomic E-state index is -0.753. The van der Waals surface area contributed by atoms with Gasteiger partial charge in [-0.05, 0) is 31.1 Å². The highest BCUT2D eigenvalue weighted by molar-refractivity contribution is 5.77. The van der Waals surface area contributed by atoms with Gasteiger partial charge in [0.2, 0.25) is 5.91 Å². The Morgan fingerprint density at radius 2 is 2.14 bits per heavy atom. The third-order valence-corrected chi connectivity index (χ3v) is 3.14. The molecule has 0 bridgehead atoms. The lowest BCUT2D eigenvalue weighted by Gasteiger charge is -2.31. The molecule has 2 N–H and O–H groups in total. The lowest BCUT2D eigenvalue weighted by molar-refractivity contribution is -0.139. The van der Waals surface area contributed by atoms with Gasteiger partial charge in [-0.25, -0.2) is 0 Å². The molecular weight excluding hydrogens is 182 g/mol. The van der Waals surface area contributed by atoms with Gasteiger partial charge in [0.25, 0.3) is 0 Å². The summed E-state index contributed by atoms with van der Waals surface area (Å²) in [4.78, 5) is 21.8. The van der Waals surface area contributed by atoms with Gasteiger partial charge in [0.1, 0.15) is 0 Å². The van der Waals surface area contributed by atoms with E-state index in [4.69, 9.17) is 5.11 Å². The molecular formula is C10H15NO3. The van der Waals surface area contributed by atoms with E-state index in [0.29, 0.717) is 12.3 Å². The Hall–Kier alpha value is -1.06. The van der Waals surface area contributed by atoms with Gasteiger partial charge in [0, 0.05) is 12.5 Å². The summed E-state index contributed by atoms with van der Waals surface area (Å²) >= 11 is 0. The van der Waals surface area contributed by atoms with Gasteiger partial charge in [-0.2, -0.15) is 0 Å². The first-order chi connectivity index (χ1) is 6.66. The van der Waals surface area contributed by atoms with Crippen molar-refractivity contribution < 1.29 is 14.7 Å². The van der Waals surface area contributed by atoms with E-state index >= 15 is 0 Å².